The third kappa shape index (κ3) is 11.8. The van der Waals surface area contributed by atoms with E-state index in [9.17, 15) is 45.9 Å². The van der Waals surface area contributed by atoms with Gasteiger partial charge in [0.05, 0.1) is 52.6 Å². The highest BCUT2D eigenvalue weighted by molar-refractivity contribution is 7.15. The fraction of sp³-hybridized carbons (Fsp3) is 0.205. The minimum atomic E-state index is -4.45. The number of hydrogen-bond donors (Lipinski definition) is 2. The molecule has 0 aliphatic rings. The number of halogens is 6. The summed E-state index contributed by atoms with van der Waals surface area (Å²) in [5, 5.41) is 20.6. The van der Waals surface area contributed by atoms with Gasteiger partial charge in [-0.25, -0.2) is 14.6 Å². The number of hydrogen-bond acceptors (Lipinski definition) is 16. The van der Waals surface area contributed by atoms with Gasteiger partial charge in [0.2, 0.25) is 5.69 Å². The van der Waals surface area contributed by atoms with Crippen molar-refractivity contribution in [2.45, 2.75) is 46.0 Å². The zero-order chi connectivity index (χ0) is 49.6. The Kier molecular flexibility index (Phi) is 14.6. The Morgan fingerprint density at radius 1 is 0.696 bits per heavy atom. The molecule has 0 bridgehead atoms. The minimum absolute atomic E-state index is 0.0399. The number of thiazole rings is 2. The third-order valence-electron chi connectivity index (χ3n) is 9.70. The molecular formula is C44H34F6N6O11S2. The van der Waals surface area contributed by atoms with E-state index in [-0.39, 0.29) is 36.5 Å². The lowest BCUT2D eigenvalue weighted by Gasteiger charge is -2.10. The van der Waals surface area contributed by atoms with Crippen LogP contribution < -0.4 is 35.2 Å². The molecule has 0 aliphatic heterocycles. The highest BCUT2D eigenvalue weighted by Crippen LogP contribution is 2.37. The fourth-order valence-corrected chi connectivity index (χ4v) is 8.26. The highest BCUT2D eigenvalue weighted by atomic mass is 32.1. The average molecular weight is 1000 g/mol. The Morgan fingerprint density at radius 2 is 1.17 bits per heavy atom. The van der Waals surface area contributed by atoms with Crippen LogP contribution in [0.4, 0.5) is 26.3 Å². The van der Waals surface area contributed by atoms with E-state index >= 15 is 0 Å². The Labute approximate surface area is 392 Å². The van der Waals surface area contributed by atoms with Gasteiger partial charge in [-0.3, -0.25) is 23.8 Å². The van der Waals surface area contributed by atoms with Crippen molar-refractivity contribution in [1.29, 1.82) is 0 Å². The number of ether oxygens (including phenoxy) is 5. The van der Waals surface area contributed by atoms with Gasteiger partial charge in [0.1, 0.15) is 52.7 Å². The van der Waals surface area contributed by atoms with Gasteiger partial charge in [0.25, 0.3) is 5.01 Å². The first-order valence-corrected chi connectivity index (χ1v) is 21.4. The van der Waals surface area contributed by atoms with E-state index in [4.69, 9.17) is 23.7 Å². The van der Waals surface area contributed by atoms with Crippen LogP contribution in [-0.4, -0.2) is 45.5 Å². The van der Waals surface area contributed by atoms with E-state index in [0.29, 0.717) is 76.1 Å². The van der Waals surface area contributed by atoms with Crippen molar-refractivity contribution in [1.82, 2.24) is 25.3 Å². The number of aromatic amines is 2. The summed E-state index contributed by atoms with van der Waals surface area (Å²) in [4.78, 5) is 44.3. The maximum absolute atomic E-state index is 12.9. The van der Waals surface area contributed by atoms with Crippen LogP contribution in [0.15, 0.2) is 104 Å². The molecule has 8 aromatic rings. The van der Waals surface area contributed by atoms with Crippen LogP contribution in [0.5, 0.6) is 23.0 Å². The molecule has 360 valence electrons. The van der Waals surface area contributed by atoms with Gasteiger partial charge in [0, 0.05) is 31.5 Å². The zero-order valence-electron chi connectivity index (χ0n) is 36.1. The van der Waals surface area contributed by atoms with Gasteiger partial charge in [0.15, 0.2) is 11.6 Å². The van der Waals surface area contributed by atoms with E-state index in [2.05, 4.69) is 34.3 Å². The molecule has 0 amide bonds. The van der Waals surface area contributed by atoms with Crippen molar-refractivity contribution in [2.24, 2.45) is 0 Å². The first-order valence-electron chi connectivity index (χ1n) is 19.7. The highest BCUT2D eigenvalue weighted by Gasteiger charge is 2.32. The SMILES string of the molecule is COc1cc(OCc2sc(-c3ccc(C(F)(F)F)cc3)[n+]([O-])c2C)ccc1-c1noc(=O)[nH]1.COc1cc(OCc2sc(-c3ccc(C(F)(F)F)cc3)nc2COC(C)=O)ccc1-c1noc(=O)[nH]1. The van der Waals surface area contributed by atoms with Crippen molar-refractivity contribution in [3.05, 3.63) is 144 Å². The summed E-state index contributed by atoms with van der Waals surface area (Å²) >= 11 is 2.34. The van der Waals surface area contributed by atoms with Gasteiger partial charge in [-0.2, -0.15) is 31.1 Å². The summed E-state index contributed by atoms with van der Waals surface area (Å²) in [5.74, 6) is 0.0827. The second-order valence-electron chi connectivity index (χ2n) is 14.2. The predicted molar refractivity (Wildman–Crippen MR) is 233 cm³/mol. The van der Waals surface area contributed by atoms with E-state index in [1.54, 1.807) is 43.3 Å². The monoisotopic (exact) mass is 1000 g/mol. The molecule has 0 atom stereocenters. The summed E-state index contributed by atoms with van der Waals surface area (Å²) in [6.45, 7) is 2.85. The number of aromatic nitrogens is 6. The maximum atomic E-state index is 12.9. The molecular weight excluding hydrogens is 967 g/mol. The molecule has 69 heavy (non-hydrogen) atoms. The molecule has 0 unspecified atom stereocenters. The molecule has 25 heteroatoms. The van der Waals surface area contributed by atoms with E-state index in [1.165, 1.54) is 56.7 Å². The maximum Gasteiger partial charge on any atom is 0.439 e. The van der Waals surface area contributed by atoms with E-state index < -0.39 is 41.0 Å². The number of nitrogens with one attached hydrogen (secondary N) is 2. The first-order chi connectivity index (χ1) is 32.8. The second kappa shape index (κ2) is 20.5. The number of carbonyl (C=O) groups excluding carboxylic acids is 1. The number of benzene rings is 4. The molecule has 2 N–H and O–H groups in total. The predicted octanol–water partition coefficient (Wildman–Crippen LogP) is 9.13. The average Bonchev–Trinajstić information content (AvgIpc) is 4.13. The van der Waals surface area contributed by atoms with Gasteiger partial charge < -0.3 is 28.9 Å². The quantitative estimate of drug-likeness (QED) is 0.0449. The van der Waals surface area contributed by atoms with Crippen LogP contribution >= 0.6 is 22.7 Å². The van der Waals surface area contributed by atoms with Crippen LogP contribution in [0.1, 0.15) is 39.2 Å². The lowest BCUT2D eigenvalue weighted by atomic mass is 10.1. The van der Waals surface area contributed by atoms with Crippen molar-refractivity contribution in [3.8, 4) is 66.9 Å². The molecule has 0 fully saturated rings. The van der Waals surface area contributed by atoms with Gasteiger partial charge in [-0.15, -0.1) is 11.3 Å². The second-order valence-corrected chi connectivity index (χ2v) is 16.4. The summed E-state index contributed by atoms with van der Waals surface area (Å²) < 4.78 is 114. The number of carbonyl (C=O) groups is 1. The summed E-state index contributed by atoms with van der Waals surface area (Å²) in [5.41, 5.74) is 1.10. The molecule has 17 nitrogen and oxygen atoms in total. The molecule has 4 aromatic carbocycles. The normalized spacial score (nSPS) is 11.4. The topological polar surface area (TPSA) is 221 Å². The van der Waals surface area contributed by atoms with Crippen molar-refractivity contribution < 1.29 is 68.6 Å². The fourth-order valence-electron chi connectivity index (χ4n) is 6.22. The van der Waals surface area contributed by atoms with Crippen LogP contribution in [0, 0.1) is 12.1 Å². The lowest BCUT2D eigenvalue weighted by molar-refractivity contribution is -0.596. The molecule has 4 aromatic heterocycles. The molecule has 0 aliphatic carbocycles. The summed E-state index contributed by atoms with van der Waals surface area (Å²) in [6, 6.07) is 18.8. The zero-order valence-corrected chi connectivity index (χ0v) is 37.7. The molecule has 0 saturated carbocycles. The minimum Gasteiger partial charge on any atom is -0.617 e. The van der Waals surface area contributed by atoms with Crippen LogP contribution in [-0.2, 0) is 41.7 Å². The van der Waals surface area contributed by atoms with Crippen LogP contribution in [0.3, 0.4) is 0 Å². The van der Waals surface area contributed by atoms with E-state index in [1.807, 2.05) is 0 Å². The summed E-state index contributed by atoms with van der Waals surface area (Å²) in [6.07, 6.45) is -8.89. The Hall–Kier alpha value is -7.93. The van der Waals surface area contributed by atoms with Crippen LogP contribution in [0.2, 0.25) is 0 Å². The molecule has 0 saturated heterocycles. The number of nitrogens with zero attached hydrogens (tertiary/aromatic N) is 4. The smallest absolute Gasteiger partial charge is 0.439 e. The number of esters is 1. The number of alkyl halides is 6. The largest absolute Gasteiger partial charge is 0.617 e. The van der Waals surface area contributed by atoms with Gasteiger partial charge >= 0.3 is 29.8 Å². The van der Waals surface area contributed by atoms with Gasteiger partial charge in [-0.1, -0.05) is 33.8 Å². The Morgan fingerprint density at radius 3 is 1.61 bits per heavy atom. The van der Waals surface area contributed by atoms with Crippen LogP contribution in [0.25, 0.3) is 43.9 Å². The molecule has 0 spiro atoms. The van der Waals surface area contributed by atoms with Crippen molar-refractivity contribution in [3.63, 3.8) is 0 Å². The molecule has 4 heterocycles. The van der Waals surface area contributed by atoms with Gasteiger partial charge in [-0.05, 0) is 60.7 Å². The third-order valence-corrected chi connectivity index (χ3v) is 12.1. The standard InChI is InChI=1S/C23H18F3N3O6S.C21H16F3N3O5S/c1-12(30)33-10-17-19(36-21(27-17)13-3-5-14(6-4-13)23(24,25)26)11-34-15-7-8-16(18(9-15)32-2)20-28-22(31)35-29-20;1-11-17(33-19(27(11)29)12-3-5-13(6-4-12)21(22,23)24)10-31-14-7-8-15(16(9-14)30-2)18-25-20(28)32-26-18/h3-9H,10-11H2,1-2H3,(H,28,29,31);3-9H,10H2,1-2H3,(H,25,26,28). The van der Waals surface area contributed by atoms with Crippen molar-refractivity contribution in [2.75, 3.05) is 14.2 Å². The van der Waals surface area contributed by atoms with Crippen molar-refractivity contribution >= 4 is 28.6 Å². The Bertz CT molecular complexity index is 3190. The Balaban J connectivity index is 0.000000205. The number of methoxy groups -OCH3 is 2. The number of H-pyrrole nitrogens is 2. The van der Waals surface area contributed by atoms with E-state index in [0.717, 1.165) is 35.6 Å². The number of rotatable bonds is 14. The summed E-state index contributed by atoms with van der Waals surface area (Å²) in [7, 11) is 2.89. The lowest BCUT2D eigenvalue weighted by Crippen LogP contribution is -2.29. The molecule has 0 radical (unpaired) electrons. The molecule has 8 rings (SSSR count). The first kappa shape index (κ1) is 49.0.